The summed E-state index contributed by atoms with van der Waals surface area (Å²) < 4.78 is 13.3. The standard InChI is InChI=1S/C16H23Br2NO2/c1-2-3-6-20-7-8-21-16-14(17)9-12(10-15(16)18)11-19-13-4-5-13/h9-10,13,19H,2-8,11H2,1H3. The van der Waals surface area contributed by atoms with Gasteiger partial charge in [0.2, 0.25) is 0 Å². The predicted molar refractivity (Wildman–Crippen MR) is 92.9 cm³/mol. The molecule has 2 rings (SSSR count). The van der Waals surface area contributed by atoms with Gasteiger partial charge < -0.3 is 14.8 Å². The van der Waals surface area contributed by atoms with Crippen LogP contribution >= 0.6 is 31.9 Å². The third-order valence-corrected chi connectivity index (χ3v) is 4.52. The average molecular weight is 421 g/mol. The minimum atomic E-state index is 0.570. The van der Waals surface area contributed by atoms with E-state index in [9.17, 15) is 0 Å². The first kappa shape index (κ1) is 17.3. The quantitative estimate of drug-likeness (QED) is 0.558. The van der Waals surface area contributed by atoms with Crippen molar-refractivity contribution in [1.82, 2.24) is 5.32 Å². The number of hydrogen-bond acceptors (Lipinski definition) is 3. The Balaban J connectivity index is 1.78. The summed E-state index contributed by atoms with van der Waals surface area (Å²) in [6, 6.07) is 4.96. The van der Waals surface area contributed by atoms with Crippen molar-refractivity contribution in [2.45, 2.75) is 45.2 Å². The first-order chi connectivity index (χ1) is 10.2. The summed E-state index contributed by atoms with van der Waals surface area (Å²) in [5, 5.41) is 3.52. The Hall–Kier alpha value is -0.100. The summed E-state index contributed by atoms with van der Waals surface area (Å²) in [6.07, 6.45) is 4.88. The Bertz CT molecular complexity index is 427. The lowest BCUT2D eigenvalue weighted by Crippen LogP contribution is -2.15. The van der Waals surface area contributed by atoms with E-state index in [4.69, 9.17) is 9.47 Å². The van der Waals surface area contributed by atoms with Crippen molar-refractivity contribution in [2.75, 3.05) is 19.8 Å². The highest BCUT2D eigenvalue weighted by Crippen LogP contribution is 2.35. The van der Waals surface area contributed by atoms with Crippen molar-refractivity contribution in [3.05, 3.63) is 26.6 Å². The summed E-state index contributed by atoms with van der Waals surface area (Å²) in [5.74, 6) is 0.851. The van der Waals surface area contributed by atoms with E-state index in [1.165, 1.54) is 18.4 Å². The van der Waals surface area contributed by atoms with Gasteiger partial charge in [-0.2, -0.15) is 0 Å². The fraction of sp³-hybridized carbons (Fsp3) is 0.625. The molecule has 1 aromatic rings. The van der Waals surface area contributed by atoms with E-state index < -0.39 is 0 Å². The van der Waals surface area contributed by atoms with Crippen LogP contribution in [0.3, 0.4) is 0 Å². The van der Waals surface area contributed by atoms with Crippen LogP contribution in [0.2, 0.25) is 0 Å². The Morgan fingerprint density at radius 2 is 1.86 bits per heavy atom. The minimum Gasteiger partial charge on any atom is -0.489 e. The Kier molecular flexibility index (Phi) is 7.50. The molecule has 0 spiro atoms. The first-order valence-electron chi connectivity index (χ1n) is 7.62. The van der Waals surface area contributed by atoms with Gasteiger partial charge in [0.25, 0.3) is 0 Å². The van der Waals surface area contributed by atoms with Crippen LogP contribution in [0.1, 0.15) is 38.2 Å². The number of nitrogens with one attached hydrogen (secondary N) is 1. The molecule has 0 saturated heterocycles. The van der Waals surface area contributed by atoms with Gasteiger partial charge in [0, 0.05) is 19.2 Å². The molecule has 1 fully saturated rings. The Morgan fingerprint density at radius 3 is 2.48 bits per heavy atom. The van der Waals surface area contributed by atoms with Gasteiger partial charge in [-0.3, -0.25) is 0 Å². The van der Waals surface area contributed by atoms with Gasteiger partial charge in [-0.05, 0) is 68.8 Å². The number of benzene rings is 1. The predicted octanol–water partition coefficient (Wildman–Crippen LogP) is 4.66. The molecule has 5 heteroatoms. The maximum absolute atomic E-state index is 5.80. The van der Waals surface area contributed by atoms with Gasteiger partial charge in [-0.25, -0.2) is 0 Å². The maximum Gasteiger partial charge on any atom is 0.147 e. The SMILES string of the molecule is CCCCOCCOc1c(Br)cc(CNC2CC2)cc1Br. The molecular formula is C16H23Br2NO2. The van der Waals surface area contributed by atoms with E-state index in [0.29, 0.717) is 13.2 Å². The number of halogens is 2. The lowest BCUT2D eigenvalue weighted by atomic mass is 10.2. The van der Waals surface area contributed by atoms with E-state index >= 15 is 0 Å². The lowest BCUT2D eigenvalue weighted by molar-refractivity contribution is 0.0975. The van der Waals surface area contributed by atoms with Crippen LogP contribution in [-0.2, 0) is 11.3 Å². The fourth-order valence-corrected chi connectivity index (χ4v) is 3.46. The molecule has 0 unspecified atom stereocenters. The number of hydrogen-bond donors (Lipinski definition) is 1. The molecule has 0 heterocycles. The second-order valence-corrected chi connectivity index (χ2v) is 7.07. The van der Waals surface area contributed by atoms with Crippen molar-refractivity contribution >= 4 is 31.9 Å². The normalized spacial score (nSPS) is 14.4. The molecule has 0 amide bonds. The van der Waals surface area contributed by atoms with Gasteiger partial charge in [0.05, 0.1) is 15.6 Å². The third kappa shape index (κ3) is 6.27. The molecule has 1 aliphatic rings. The highest BCUT2D eigenvalue weighted by atomic mass is 79.9. The molecule has 1 aromatic carbocycles. The van der Waals surface area contributed by atoms with Crippen LogP contribution in [0.25, 0.3) is 0 Å². The van der Waals surface area contributed by atoms with Crippen LogP contribution in [0, 0.1) is 0 Å². The Labute approximate surface area is 144 Å². The maximum atomic E-state index is 5.80. The van der Waals surface area contributed by atoms with E-state index in [0.717, 1.165) is 46.7 Å². The number of ether oxygens (including phenoxy) is 2. The summed E-state index contributed by atoms with van der Waals surface area (Å²) in [4.78, 5) is 0. The Morgan fingerprint density at radius 1 is 1.14 bits per heavy atom. The van der Waals surface area contributed by atoms with Gasteiger partial charge in [0.15, 0.2) is 0 Å². The van der Waals surface area contributed by atoms with E-state index in [1.54, 1.807) is 0 Å². The van der Waals surface area contributed by atoms with Crippen LogP contribution in [0.5, 0.6) is 5.75 Å². The van der Waals surface area contributed by atoms with E-state index in [1.807, 2.05) is 0 Å². The van der Waals surface area contributed by atoms with Crippen molar-refractivity contribution in [2.24, 2.45) is 0 Å². The average Bonchev–Trinajstić information content (AvgIpc) is 3.27. The molecule has 0 radical (unpaired) electrons. The van der Waals surface area contributed by atoms with Gasteiger partial charge in [0.1, 0.15) is 12.4 Å². The second-order valence-electron chi connectivity index (χ2n) is 5.36. The highest BCUT2D eigenvalue weighted by Gasteiger charge is 2.20. The van der Waals surface area contributed by atoms with Gasteiger partial charge in [-0.15, -0.1) is 0 Å². The molecule has 0 bridgehead atoms. The zero-order chi connectivity index (χ0) is 15.1. The fourth-order valence-electron chi connectivity index (χ4n) is 1.95. The molecule has 3 nitrogen and oxygen atoms in total. The first-order valence-corrected chi connectivity index (χ1v) is 9.21. The number of rotatable bonds is 10. The molecule has 1 N–H and O–H groups in total. The lowest BCUT2D eigenvalue weighted by Gasteiger charge is -2.13. The molecule has 21 heavy (non-hydrogen) atoms. The molecule has 0 aromatic heterocycles. The summed E-state index contributed by atoms with van der Waals surface area (Å²) in [5.41, 5.74) is 1.26. The smallest absolute Gasteiger partial charge is 0.147 e. The molecule has 1 aliphatic carbocycles. The van der Waals surface area contributed by atoms with Gasteiger partial charge >= 0.3 is 0 Å². The number of unbranched alkanes of at least 4 members (excludes halogenated alkanes) is 1. The highest BCUT2D eigenvalue weighted by molar-refractivity contribution is 9.11. The third-order valence-electron chi connectivity index (χ3n) is 3.35. The van der Waals surface area contributed by atoms with Gasteiger partial charge in [-0.1, -0.05) is 13.3 Å². The van der Waals surface area contributed by atoms with Crippen molar-refractivity contribution in [3.8, 4) is 5.75 Å². The van der Waals surface area contributed by atoms with Crippen LogP contribution in [0.4, 0.5) is 0 Å². The second kappa shape index (κ2) is 9.13. The van der Waals surface area contributed by atoms with Crippen LogP contribution in [0.15, 0.2) is 21.1 Å². The van der Waals surface area contributed by atoms with Crippen molar-refractivity contribution < 1.29 is 9.47 Å². The molecule has 0 aliphatic heterocycles. The zero-order valence-corrected chi connectivity index (χ0v) is 15.6. The molecule has 1 saturated carbocycles. The summed E-state index contributed by atoms with van der Waals surface area (Å²) in [7, 11) is 0. The summed E-state index contributed by atoms with van der Waals surface area (Å²) >= 11 is 7.18. The van der Waals surface area contributed by atoms with Crippen LogP contribution < -0.4 is 10.1 Å². The minimum absolute atomic E-state index is 0.570. The zero-order valence-electron chi connectivity index (χ0n) is 12.5. The molecule has 118 valence electrons. The topological polar surface area (TPSA) is 30.5 Å². The monoisotopic (exact) mass is 419 g/mol. The largest absolute Gasteiger partial charge is 0.489 e. The molecular weight excluding hydrogens is 398 g/mol. The van der Waals surface area contributed by atoms with E-state index in [-0.39, 0.29) is 0 Å². The summed E-state index contributed by atoms with van der Waals surface area (Å²) in [6.45, 7) is 5.08. The molecule has 0 atom stereocenters. The van der Waals surface area contributed by atoms with E-state index in [2.05, 4.69) is 56.2 Å². The van der Waals surface area contributed by atoms with Crippen LogP contribution in [-0.4, -0.2) is 25.9 Å². The van der Waals surface area contributed by atoms with Crippen molar-refractivity contribution in [3.63, 3.8) is 0 Å². The van der Waals surface area contributed by atoms with Crippen molar-refractivity contribution in [1.29, 1.82) is 0 Å².